The van der Waals surface area contributed by atoms with Crippen LogP contribution in [0.3, 0.4) is 0 Å². The van der Waals surface area contributed by atoms with Gasteiger partial charge >= 0.3 is 0 Å². The normalized spacial score (nSPS) is 22.8. The Balaban J connectivity index is 1.58. The van der Waals surface area contributed by atoms with E-state index in [-0.39, 0.29) is 17.9 Å². The number of hydrogen-bond donors (Lipinski definition) is 1. The molecule has 1 amide bonds. The average molecular weight is 271 g/mol. The number of rotatable bonds is 4. The van der Waals surface area contributed by atoms with Crippen molar-refractivity contribution in [2.45, 2.75) is 25.3 Å². The minimum absolute atomic E-state index is 0.0817. The van der Waals surface area contributed by atoms with Crippen molar-refractivity contribution in [1.29, 1.82) is 0 Å². The Morgan fingerprint density at radius 1 is 1.26 bits per heavy atom. The lowest BCUT2D eigenvalue weighted by Gasteiger charge is -2.14. The summed E-state index contributed by atoms with van der Waals surface area (Å²) in [5.41, 5.74) is 1.16. The molecule has 1 aliphatic rings. The molecule has 98 valence electrons. The highest BCUT2D eigenvalue weighted by Crippen LogP contribution is 2.49. The summed E-state index contributed by atoms with van der Waals surface area (Å²) in [4.78, 5) is 13.5. The molecule has 3 heteroatoms. The van der Waals surface area contributed by atoms with E-state index < -0.39 is 0 Å². The molecule has 1 N–H and O–H groups in total. The largest absolute Gasteiger partial charge is 0.349 e. The van der Waals surface area contributed by atoms with E-state index in [0.717, 1.165) is 12.0 Å². The molecule has 19 heavy (non-hydrogen) atoms. The lowest BCUT2D eigenvalue weighted by molar-refractivity contribution is -0.123. The number of thiophene rings is 1. The van der Waals surface area contributed by atoms with Gasteiger partial charge in [-0.05, 0) is 30.4 Å². The molecule has 0 spiro atoms. The quantitative estimate of drug-likeness (QED) is 0.902. The summed E-state index contributed by atoms with van der Waals surface area (Å²) >= 11 is 1.75. The van der Waals surface area contributed by atoms with Gasteiger partial charge in [0.25, 0.3) is 0 Å². The fourth-order valence-corrected chi connectivity index (χ4v) is 3.35. The fourth-order valence-electron chi connectivity index (χ4n) is 2.45. The summed E-state index contributed by atoms with van der Waals surface area (Å²) < 4.78 is 0. The molecule has 1 aromatic heterocycles. The van der Waals surface area contributed by atoms with Gasteiger partial charge in [0.1, 0.15) is 0 Å². The monoisotopic (exact) mass is 271 g/mol. The molecule has 2 nitrogen and oxygen atoms in total. The first-order valence-electron chi connectivity index (χ1n) is 6.64. The van der Waals surface area contributed by atoms with E-state index in [4.69, 9.17) is 0 Å². The van der Waals surface area contributed by atoms with E-state index in [9.17, 15) is 4.79 Å². The summed E-state index contributed by atoms with van der Waals surface area (Å²) in [6.07, 6.45) is 0.994. The van der Waals surface area contributed by atoms with Crippen LogP contribution < -0.4 is 5.32 Å². The summed E-state index contributed by atoms with van der Waals surface area (Å²) in [5, 5.41) is 5.19. The highest BCUT2D eigenvalue weighted by atomic mass is 32.1. The Morgan fingerprint density at radius 2 is 2.05 bits per heavy atom. The van der Waals surface area contributed by atoms with Crippen LogP contribution in [0.15, 0.2) is 47.8 Å². The van der Waals surface area contributed by atoms with E-state index in [0.29, 0.717) is 5.92 Å². The van der Waals surface area contributed by atoms with Crippen LogP contribution in [0.25, 0.3) is 0 Å². The third-order valence-corrected chi connectivity index (χ3v) is 4.70. The van der Waals surface area contributed by atoms with Crippen molar-refractivity contribution in [2.24, 2.45) is 5.92 Å². The van der Waals surface area contributed by atoms with Gasteiger partial charge in [-0.3, -0.25) is 4.79 Å². The molecule has 0 radical (unpaired) electrons. The predicted octanol–water partition coefficient (Wildman–Crippen LogP) is 3.73. The maximum atomic E-state index is 12.2. The molecule has 0 aliphatic heterocycles. The topological polar surface area (TPSA) is 29.1 Å². The summed E-state index contributed by atoms with van der Waals surface area (Å²) in [7, 11) is 0. The number of carbonyl (C=O) groups excluding carboxylic acids is 1. The van der Waals surface area contributed by atoms with Crippen LogP contribution in [0.5, 0.6) is 0 Å². The van der Waals surface area contributed by atoms with Gasteiger partial charge < -0.3 is 5.32 Å². The van der Waals surface area contributed by atoms with E-state index in [1.807, 2.05) is 25.1 Å². The maximum Gasteiger partial charge on any atom is 0.224 e. The Labute approximate surface area is 117 Å². The first kappa shape index (κ1) is 12.4. The second kappa shape index (κ2) is 5.17. The van der Waals surface area contributed by atoms with Crippen LogP contribution in [0.4, 0.5) is 0 Å². The van der Waals surface area contributed by atoms with Crippen LogP contribution in [-0.2, 0) is 4.79 Å². The van der Waals surface area contributed by atoms with Gasteiger partial charge in [-0.25, -0.2) is 0 Å². The minimum Gasteiger partial charge on any atom is -0.349 e. The number of amides is 1. The highest BCUT2D eigenvalue weighted by Gasteiger charge is 2.44. The standard InChI is InChI=1S/C16H17NOS/c1-11(12-6-3-2-4-7-12)17-16(18)14-10-13(14)15-8-5-9-19-15/h2-9,11,13-14H,10H2,1H3,(H,17,18). The third kappa shape index (κ3) is 2.71. The minimum atomic E-state index is 0.0817. The fraction of sp³-hybridized carbons (Fsp3) is 0.312. The molecule has 0 saturated heterocycles. The first-order valence-corrected chi connectivity index (χ1v) is 7.52. The summed E-state index contributed by atoms with van der Waals surface area (Å²) in [5.74, 6) is 0.808. The van der Waals surface area contributed by atoms with E-state index in [2.05, 4.69) is 35.0 Å². The Morgan fingerprint density at radius 3 is 2.74 bits per heavy atom. The number of nitrogens with one attached hydrogen (secondary N) is 1. The molecule has 3 unspecified atom stereocenters. The van der Waals surface area contributed by atoms with Gasteiger partial charge in [0.05, 0.1) is 6.04 Å². The molecule has 3 rings (SSSR count). The molecule has 0 bridgehead atoms. The average Bonchev–Trinajstić information content (AvgIpc) is 3.06. The van der Waals surface area contributed by atoms with Gasteiger partial charge in [0, 0.05) is 16.7 Å². The van der Waals surface area contributed by atoms with Gasteiger partial charge in [0.2, 0.25) is 5.91 Å². The second-order valence-electron chi connectivity index (χ2n) is 5.11. The zero-order valence-corrected chi connectivity index (χ0v) is 11.7. The molecule has 3 atom stereocenters. The van der Waals surface area contributed by atoms with E-state index in [1.165, 1.54) is 4.88 Å². The molecule has 1 aliphatic carbocycles. The zero-order chi connectivity index (χ0) is 13.2. The Bertz CT molecular complexity index is 549. The lowest BCUT2D eigenvalue weighted by Crippen LogP contribution is -2.28. The number of hydrogen-bond acceptors (Lipinski definition) is 2. The van der Waals surface area contributed by atoms with Crippen LogP contribution in [-0.4, -0.2) is 5.91 Å². The van der Waals surface area contributed by atoms with Crippen LogP contribution in [0.2, 0.25) is 0 Å². The number of carbonyl (C=O) groups is 1. The lowest BCUT2D eigenvalue weighted by atomic mass is 10.1. The van der Waals surface area contributed by atoms with Crippen molar-refractivity contribution < 1.29 is 4.79 Å². The van der Waals surface area contributed by atoms with Gasteiger partial charge in [-0.1, -0.05) is 36.4 Å². The summed E-state index contributed by atoms with van der Waals surface area (Å²) in [6, 6.07) is 14.4. The SMILES string of the molecule is CC(NC(=O)C1CC1c1cccs1)c1ccccc1. The molecule has 1 fully saturated rings. The Kier molecular flexibility index (Phi) is 3.38. The van der Waals surface area contributed by atoms with Gasteiger partial charge in [0.15, 0.2) is 0 Å². The first-order chi connectivity index (χ1) is 9.25. The van der Waals surface area contributed by atoms with Crippen molar-refractivity contribution in [3.05, 3.63) is 58.3 Å². The smallest absolute Gasteiger partial charge is 0.224 e. The van der Waals surface area contributed by atoms with Crippen molar-refractivity contribution >= 4 is 17.2 Å². The van der Waals surface area contributed by atoms with Crippen LogP contribution in [0.1, 0.15) is 35.7 Å². The second-order valence-corrected chi connectivity index (χ2v) is 6.08. The maximum absolute atomic E-state index is 12.2. The third-order valence-electron chi connectivity index (χ3n) is 3.69. The van der Waals surface area contributed by atoms with Crippen molar-refractivity contribution in [3.63, 3.8) is 0 Å². The number of benzene rings is 1. The molecule has 1 heterocycles. The van der Waals surface area contributed by atoms with Gasteiger partial charge in [-0.2, -0.15) is 0 Å². The molecular weight excluding hydrogens is 254 g/mol. The zero-order valence-electron chi connectivity index (χ0n) is 10.9. The van der Waals surface area contributed by atoms with Crippen molar-refractivity contribution in [3.8, 4) is 0 Å². The summed E-state index contributed by atoms with van der Waals surface area (Å²) in [6.45, 7) is 2.04. The van der Waals surface area contributed by atoms with E-state index in [1.54, 1.807) is 11.3 Å². The van der Waals surface area contributed by atoms with Crippen LogP contribution in [0, 0.1) is 5.92 Å². The van der Waals surface area contributed by atoms with Gasteiger partial charge in [-0.15, -0.1) is 11.3 Å². The predicted molar refractivity (Wildman–Crippen MR) is 78.2 cm³/mol. The van der Waals surface area contributed by atoms with Crippen molar-refractivity contribution in [2.75, 3.05) is 0 Å². The van der Waals surface area contributed by atoms with Crippen LogP contribution >= 0.6 is 11.3 Å². The van der Waals surface area contributed by atoms with E-state index >= 15 is 0 Å². The Hall–Kier alpha value is -1.61. The highest BCUT2D eigenvalue weighted by molar-refractivity contribution is 7.10. The van der Waals surface area contributed by atoms with Crippen molar-refractivity contribution in [1.82, 2.24) is 5.32 Å². The molecular formula is C16H17NOS. The molecule has 1 aromatic carbocycles. The molecule has 1 saturated carbocycles. The molecule has 2 aromatic rings.